The number of hydrogen-bond donors (Lipinski definition) is 1. The first kappa shape index (κ1) is 15.5. The molecule has 0 radical (unpaired) electrons. The van der Waals surface area contributed by atoms with Gasteiger partial charge in [0.25, 0.3) is 0 Å². The third-order valence-electron chi connectivity index (χ3n) is 3.86. The largest absolute Gasteiger partial charge is 0.343 e. The number of amides is 2. The zero-order chi connectivity index (χ0) is 15.6. The minimum Gasteiger partial charge on any atom is -0.343 e. The minimum atomic E-state index is -0.439. The maximum Gasteiger partial charge on any atom is 0.245 e. The van der Waals surface area contributed by atoms with Gasteiger partial charge in [0, 0.05) is 6.54 Å². The maximum absolute atomic E-state index is 12.4. The van der Waals surface area contributed by atoms with Gasteiger partial charge in [-0.2, -0.15) is 0 Å². The smallest absolute Gasteiger partial charge is 0.245 e. The number of hydrogen-bond acceptors (Lipinski definition) is 2. The average molecular weight is 288 g/mol. The molecule has 1 aromatic rings. The second-order valence-electron chi connectivity index (χ2n) is 6.33. The van der Waals surface area contributed by atoms with Crippen molar-refractivity contribution in [3.8, 4) is 0 Å². The molecular formula is C17H24N2O2. The van der Waals surface area contributed by atoms with Gasteiger partial charge in [0.1, 0.15) is 12.1 Å². The molecule has 114 valence electrons. The van der Waals surface area contributed by atoms with Crippen molar-refractivity contribution in [3.63, 3.8) is 0 Å². The predicted molar refractivity (Wildman–Crippen MR) is 82.6 cm³/mol. The third kappa shape index (κ3) is 3.63. The Kier molecular flexibility index (Phi) is 4.66. The van der Waals surface area contributed by atoms with Gasteiger partial charge in [0.15, 0.2) is 0 Å². The second kappa shape index (κ2) is 6.29. The van der Waals surface area contributed by atoms with Gasteiger partial charge in [0.05, 0.1) is 0 Å². The van der Waals surface area contributed by atoms with E-state index in [1.54, 1.807) is 11.8 Å². The zero-order valence-corrected chi connectivity index (χ0v) is 13.2. The zero-order valence-electron chi connectivity index (χ0n) is 13.2. The highest BCUT2D eigenvalue weighted by Gasteiger charge is 2.38. The maximum atomic E-state index is 12.4. The first-order chi connectivity index (χ1) is 9.88. The lowest BCUT2D eigenvalue weighted by Crippen LogP contribution is -2.62. The van der Waals surface area contributed by atoms with E-state index in [0.717, 1.165) is 5.56 Å². The molecule has 1 saturated heterocycles. The summed E-state index contributed by atoms with van der Waals surface area (Å²) in [6.07, 6.45) is 0.691. The average Bonchev–Trinajstić information content (AvgIpc) is 2.42. The van der Waals surface area contributed by atoms with Crippen LogP contribution in [-0.4, -0.2) is 28.8 Å². The summed E-state index contributed by atoms with van der Waals surface area (Å²) < 4.78 is 0. The Morgan fingerprint density at radius 3 is 2.38 bits per heavy atom. The van der Waals surface area contributed by atoms with Gasteiger partial charge in [-0.3, -0.25) is 9.59 Å². The molecule has 1 aliphatic rings. The summed E-state index contributed by atoms with van der Waals surface area (Å²) in [6, 6.07) is 7.30. The molecule has 0 bridgehead atoms. The predicted octanol–water partition coefficient (Wildman–Crippen LogP) is 2.26. The summed E-state index contributed by atoms with van der Waals surface area (Å²) in [6.45, 7) is 8.41. The van der Waals surface area contributed by atoms with Crippen molar-refractivity contribution in [3.05, 3.63) is 35.4 Å². The summed E-state index contributed by atoms with van der Waals surface area (Å²) in [5, 5.41) is 2.78. The molecule has 0 spiro atoms. The number of nitrogens with zero attached hydrogens (tertiary/aromatic N) is 1. The van der Waals surface area contributed by atoms with Gasteiger partial charge in [-0.1, -0.05) is 43.7 Å². The summed E-state index contributed by atoms with van der Waals surface area (Å²) >= 11 is 0. The van der Waals surface area contributed by atoms with Crippen molar-refractivity contribution in [1.82, 2.24) is 10.2 Å². The van der Waals surface area contributed by atoms with Crippen LogP contribution in [-0.2, 0) is 16.1 Å². The first-order valence-electron chi connectivity index (χ1n) is 7.55. The van der Waals surface area contributed by atoms with Crippen LogP contribution in [0.2, 0.25) is 0 Å². The normalized spacial score (nSPS) is 22.6. The Morgan fingerprint density at radius 1 is 1.19 bits per heavy atom. The lowest BCUT2D eigenvalue weighted by atomic mass is 9.97. The molecule has 1 aromatic carbocycles. The Labute approximate surface area is 126 Å². The van der Waals surface area contributed by atoms with E-state index in [-0.39, 0.29) is 17.9 Å². The molecule has 21 heavy (non-hydrogen) atoms. The SMILES string of the molecule is Cc1ccc(CN2C(=O)C(C)NC(=O)C2CC(C)C)cc1. The van der Waals surface area contributed by atoms with Crippen LogP contribution in [0.3, 0.4) is 0 Å². The highest BCUT2D eigenvalue weighted by atomic mass is 16.2. The number of carbonyl (C=O) groups is 2. The van der Waals surface area contributed by atoms with E-state index in [1.165, 1.54) is 5.56 Å². The Bertz CT molecular complexity index is 522. The van der Waals surface area contributed by atoms with Crippen LogP contribution in [0.4, 0.5) is 0 Å². The fourth-order valence-electron chi connectivity index (χ4n) is 2.67. The van der Waals surface area contributed by atoms with Gasteiger partial charge in [0.2, 0.25) is 11.8 Å². The van der Waals surface area contributed by atoms with E-state index in [2.05, 4.69) is 19.2 Å². The van der Waals surface area contributed by atoms with Crippen LogP contribution in [0.25, 0.3) is 0 Å². The molecule has 4 heteroatoms. The topological polar surface area (TPSA) is 49.4 Å². The Hall–Kier alpha value is -1.84. The molecule has 0 aromatic heterocycles. The highest BCUT2D eigenvalue weighted by Crippen LogP contribution is 2.20. The van der Waals surface area contributed by atoms with E-state index in [1.807, 2.05) is 31.2 Å². The number of rotatable bonds is 4. The van der Waals surface area contributed by atoms with Crippen LogP contribution >= 0.6 is 0 Å². The lowest BCUT2D eigenvalue weighted by Gasteiger charge is -2.38. The molecule has 2 amide bonds. The fraction of sp³-hybridized carbons (Fsp3) is 0.529. The summed E-state index contributed by atoms with van der Waals surface area (Å²) in [5.41, 5.74) is 2.25. The van der Waals surface area contributed by atoms with Crippen LogP contribution < -0.4 is 5.32 Å². The number of aryl methyl sites for hydroxylation is 1. The molecule has 2 rings (SSSR count). The quantitative estimate of drug-likeness (QED) is 0.924. The van der Waals surface area contributed by atoms with Gasteiger partial charge in [-0.15, -0.1) is 0 Å². The standard InChI is InChI=1S/C17H24N2O2/c1-11(2)9-15-16(20)18-13(4)17(21)19(15)10-14-7-5-12(3)6-8-14/h5-8,11,13,15H,9-10H2,1-4H3,(H,18,20). The van der Waals surface area contributed by atoms with Crippen LogP contribution in [0.15, 0.2) is 24.3 Å². The molecule has 1 heterocycles. The van der Waals surface area contributed by atoms with Gasteiger partial charge in [-0.25, -0.2) is 0 Å². The molecule has 1 aliphatic heterocycles. The number of carbonyl (C=O) groups excluding carboxylic acids is 2. The second-order valence-corrected chi connectivity index (χ2v) is 6.33. The molecule has 0 saturated carbocycles. The molecule has 2 unspecified atom stereocenters. The molecule has 1 fully saturated rings. The van der Waals surface area contributed by atoms with Crippen LogP contribution in [0.1, 0.15) is 38.3 Å². The molecule has 1 N–H and O–H groups in total. The van der Waals surface area contributed by atoms with E-state index in [0.29, 0.717) is 18.9 Å². The number of piperazine rings is 1. The number of benzene rings is 1. The molecular weight excluding hydrogens is 264 g/mol. The highest BCUT2D eigenvalue weighted by molar-refractivity contribution is 5.96. The third-order valence-corrected chi connectivity index (χ3v) is 3.86. The van der Waals surface area contributed by atoms with E-state index in [4.69, 9.17) is 0 Å². The monoisotopic (exact) mass is 288 g/mol. The van der Waals surface area contributed by atoms with Gasteiger partial charge in [-0.05, 0) is 31.7 Å². The van der Waals surface area contributed by atoms with Crippen LogP contribution in [0, 0.1) is 12.8 Å². The summed E-state index contributed by atoms with van der Waals surface area (Å²) in [4.78, 5) is 26.4. The van der Waals surface area contributed by atoms with Gasteiger partial charge < -0.3 is 10.2 Å². The minimum absolute atomic E-state index is 0.000764. The first-order valence-corrected chi connectivity index (χ1v) is 7.55. The van der Waals surface area contributed by atoms with Crippen molar-refractivity contribution in [2.24, 2.45) is 5.92 Å². The fourth-order valence-corrected chi connectivity index (χ4v) is 2.67. The van der Waals surface area contributed by atoms with E-state index in [9.17, 15) is 9.59 Å². The van der Waals surface area contributed by atoms with Crippen molar-refractivity contribution < 1.29 is 9.59 Å². The van der Waals surface area contributed by atoms with Crippen molar-refractivity contribution >= 4 is 11.8 Å². The van der Waals surface area contributed by atoms with Crippen molar-refractivity contribution in [2.45, 2.75) is 52.7 Å². The number of nitrogens with one attached hydrogen (secondary N) is 1. The molecule has 0 aliphatic carbocycles. The van der Waals surface area contributed by atoms with Crippen molar-refractivity contribution in [1.29, 1.82) is 0 Å². The van der Waals surface area contributed by atoms with E-state index < -0.39 is 6.04 Å². The van der Waals surface area contributed by atoms with Crippen LogP contribution in [0.5, 0.6) is 0 Å². The van der Waals surface area contributed by atoms with Gasteiger partial charge >= 0.3 is 0 Å². The summed E-state index contributed by atoms with van der Waals surface area (Å²) in [5.74, 6) is 0.325. The lowest BCUT2D eigenvalue weighted by molar-refractivity contribution is -0.150. The summed E-state index contributed by atoms with van der Waals surface area (Å²) in [7, 11) is 0. The van der Waals surface area contributed by atoms with Crippen molar-refractivity contribution in [2.75, 3.05) is 0 Å². The van der Waals surface area contributed by atoms with E-state index >= 15 is 0 Å². The Morgan fingerprint density at radius 2 is 1.81 bits per heavy atom. The molecule has 4 nitrogen and oxygen atoms in total. The Balaban J connectivity index is 2.22. The molecule has 2 atom stereocenters.